The third-order valence-corrected chi connectivity index (χ3v) is 4.55. The number of nitrogens with one attached hydrogen (secondary N) is 2. The highest BCUT2D eigenvalue weighted by Crippen LogP contribution is 2.24. The Labute approximate surface area is 148 Å². The number of hydrogen-bond donors (Lipinski definition) is 2. The van der Waals surface area contributed by atoms with E-state index in [4.69, 9.17) is 4.74 Å². The van der Waals surface area contributed by atoms with Crippen molar-refractivity contribution in [2.24, 2.45) is 0 Å². The van der Waals surface area contributed by atoms with E-state index in [-0.39, 0.29) is 18.0 Å². The highest BCUT2D eigenvalue weighted by Gasteiger charge is 2.29. The highest BCUT2D eigenvalue weighted by atomic mass is 16.5. The lowest BCUT2D eigenvalue weighted by molar-refractivity contribution is 0.0932. The summed E-state index contributed by atoms with van der Waals surface area (Å²) >= 11 is 0. The maximum atomic E-state index is 12.7. The minimum absolute atomic E-state index is 0.0563. The molecule has 25 heavy (non-hydrogen) atoms. The van der Waals surface area contributed by atoms with Gasteiger partial charge in [-0.25, -0.2) is 4.98 Å². The molecule has 1 aromatic carbocycles. The van der Waals surface area contributed by atoms with Crippen LogP contribution in [0.2, 0.25) is 0 Å². The highest BCUT2D eigenvalue weighted by molar-refractivity contribution is 5.97. The van der Waals surface area contributed by atoms with Gasteiger partial charge in [-0.2, -0.15) is 0 Å². The smallest absolute Gasteiger partial charge is 0.255 e. The van der Waals surface area contributed by atoms with Gasteiger partial charge < -0.3 is 15.4 Å². The zero-order valence-electron chi connectivity index (χ0n) is 14.9. The first-order valence-electron chi connectivity index (χ1n) is 8.57. The lowest BCUT2D eigenvalue weighted by Gasteiger charge is -2.23. The van der Waals surface area contributed by atoms with Crippen molar-refractivity contribution in [2.45, 2.75) is 45.2 Å². The number of nitrogens with zero attached hydrogens (tertiary/aromatic N) is 2. The molecule has 1 fully saturated rings. The normalized spacial score (nSPS) is 19.5. The fourth-order valence-corrected chi connectivity index (χ4v) is 3.21. The molecule has 0 radical (unpaired) electrons. The maximum absolute atomic E-state index is 12.7. The molecule has 0 unspecified atom stereocenters. The summed E-state index contributed by atoms with van der Waals surface area (Å²) in [5.74, 6) is 1.23. The average molecular weight is 340 g/mol. The molecular weight excluding hydrogens is 316 g/mol. The van der Waals surface area contributed by atoms with E-state index < -0.39 is 0 Å². The number of amides is 1. The van der Waals surface area contributed by atoms with Crippen molar-refractivity contribution in [2.75, 3.05) is 12.4 Å². The van der Waals surface area contributed by atoms with Crippen LogP contribution in [0.15, 0.2) is 30.6 Å². The van der Waals surface area contributed by atoms with Crippen LogP contribution in [0.3, 0.4) is 0 Å². The molecule has 1 saturated carbocycles. The predicted octanol–water partition coefficient (Wildman–Crippen LogP) is 2.87. The minimum atomic E-state index is -0.103. The number of hydrogen-bond acceptors (Lipinski definition) is 5. The van der Waals surface area contributed by atoms with Gasteiger partial charge in [0, 0.05) is 12.1 Å². The van der Waals surface area contributed by atoms with E-state index in [0.717, 1.165) is 36.3 Å². The molecule has 1 aliphatic carbocycles. The fraction of sp³-hybridized carbons (Fsp3) is 0.421. The Kier molecular flexibility index (Phi) is 5.16. The summed E-state index contributed by atoms with van der Waals surface area (Å²) in [4.78, 5) is 21.3. The molecule has 0 bridgehead atoms. The molecule has 3 rings (SSSR count). The summed E-state index contributed by atoms with van der Waals surface area (Å²) < 4.78 is 5.32. The molecule has 6 nitrogen and oxygen atoms in total. The van der Waals surface area contributed by atoms with Crippen LogP contribution in [0.25, 0.3) is 0 Å². The second kappa shape index (κ2) is 7.51. The van der Waals surface area contributed by atoms with E-state index in [9.17, 15) is 4.79 Å². The van der Waals surface area contributed by atoms with Crippen molar-refractivity contribution in [3.8, 4) is 5.75 Å². The van der Waals surface area contributed by atoms with Crippen LogP contribution in [0.4, 0.5) is 5.82 Å². The maximum Gasteiger partial charge on any atom is 0.255 e. The number of methoxy groups -OCH3 is 1. The SMILES string of the molecule is COc1ccc(C)cc1C(=O)N[C@H]1CCC[C@@H]1Nc1cnc(C)cn1. The van der Waals surface area contributed by atoms with Crippen molar-refractivity contribution in [1.29, 1.82) is 0 Å². The molecule has 2 atom stereocenters. The molecule has 132 valence electrons. The van der Waals surface area contributed by atoms with Gasteiger partial charge in [0.25, 0.3) is 5.91 Å². The lowest BCUT2D eigenvalue weighted by atomic mass is 10.1. The molecule has 2 N–H and O–H groups in total. The first kappa shape index (κ1) is 17.2. The van der Waals surface area contributed by atoms with Gasteiger partial charge >= 0.3 is 0 Å². The van der Waals surface area contributed by atoms with Crippen molar-refractivity contribution in [1.82, 2.24) is 15.3 Å². The van der Waals surface area contributed by atoms with Crippen LogP contribution >= 0.6 is 0 Å². The number of ether oxygens (including phenoxy) is 1. The Balaban J connectivity index is 1.70. The summed E-state index contributed by atoms with van der Waals surface area (Å²) in [5.41, 5.74) is 2.48. The molecule has 0 saturated heterocycles. The van der Waals surface area contributed by atoms with Gasteiger partial charge in [0.1, 0.15) is 11.6 Å². The topological polar surface area (TPSA) is 76.1 Å². The van der Waals surface area contributed by atoms with E-state index in [0.29, 0.717) is 11.3 Å². The molecular formula is C19H24N4O2. The van der Waals surface area contributed by atoms with E-state index in [1.807, 2.05) is 32.0 Å². The van der Waals surface area contributed by atoms with Crippen molar-refractivity contribution < 1.29 is 9.53 Å². The quantitative estimate of drug-likeness (QED) is 0.875. The Morgan fingerprint density at radius 2 is 1.96 bits per heavy atom. The number of rotatable bonds is 5. The summed E-state index contributed by atoms with van der Waals surface area (Å²) in [6.07, 6.45) is 6.47. The molecule has 6 heteroatoms. The molecule has 1 aromatic heterocycles. The van der Waals surface area contributed by atoms with Crippen LogP contribution < -0.4 is 15.4 Å². The van der Waals surface area contributed by atoms with Gasteiger partial charge in [-0.1, -0.05) is 11.6 Å². The van der Waals surface area contributed by atoms with Gasteiger partial charge in [-0.05, 0) is 45.2 Å². The van der Waals surface area contributed by atoms with Gasteiger partial charge in [-0.15, -0.1) is 0 Å². The van der Waals surface area contributed by atoms with Crippen LogP contribution in [0, 0.1) is 13.8 Å². The Hall–Kier alpha value is -2.63. The molecule has 1 heterocycles. The first-order chi connectivity index (χ1) is 12.1. The summed E-state index contributed by atoms with van der Waals surface area (Å²) in [5, 5.41) is 6.54. The predicted molar refractivity (Wildman–Crippen MR) is 97.0 cm³/mol. The molecule has 1 aliphatic rings. The van der Waals surface area contributed by atoms with Crippen molar-refractivity contribution >= 4 is 11.7 Å². The van der Waals surface area contributed by atoms with Crippen LogP contribution in [-0.2, 0) is 0 Å². The zero-order valence-corrected chi connectivity index (χ0v) is 14.9. The van der Waals surface area contributed by atoms with Gasteiger partial charge in [0.2, 0.25) is 0 Å². The number of carbonyl (C=O) groups excluding carboxylic acids is 1. The molecule has 0 aliphatic heterocycles. The fourth-order valence-electron chi connectivity index (χ4n) is 3.21. The molecule has 1 amide bonds. The van der Waals surface area contributed by atoms with Gasteiger partial charge in [0.15, 0.2) is 0 Å². The molecule has 2 aromatic rings. The van der Waals surface area contributed by atoms with Crippen molar-refractivity contribution in [3.05, 3.63) is 47.4 Å². The standard InChI is InChI=1S/C19H24N4O2/c1-12-7-8-17(25-3)14(9-12)19(24)23-16-6-4-5-15(16)22-18-11-20-13(2)10-21-18/h7-11,15-16H,4-6H2,1-3H3,(H,21,22)(H,23,24)/t15-,16-/m0/s1. The van der Waals surface area contributed by atoms with E-state index >= 15 is 0 Å². The van der Waals surface area contributed by atoms with Crippen LogP contribution in [0.1, 0.15) is 40.9 Å². The number of carbonyl (C=O) groups is 1. The summed E-state index contributed by atoms with van der Waals surface area (Å²) in [6, 6.07) is 5.83. The van der Waals surface area contributed by atoms with E-state index in [1.165, 1.54) is 0 Å². The summed E-state index contributed by atoms with van der Waals surface area (Å²) in [7, 11) is 1.58. The third kappa shape index (κ3) is 4.07. The Morgan fingerprint density at radius 1 is 1.16 bits per heavy atom. The van der Waals surface area contributed by atoms with Gasteiger partial charge in [0.05, 0.1) is 30.8 Å². The largest absolute Gasteiger partial charge is 0.496 e. The van der Waals surface area contributed by atoms with Crippen molar-refractivity contribution in [3.63, 3.8) is 0 Å². The Bertz CT molecular complexity index is 746. The van der Waals surface area contributed by atoms with E-state index in [1.54, 1.807) is 19.5 Å². The minimum Gasteiger partial charge on any atom is -0.496 e. The number of aryl methyl sites for hydroxylation is 2. The second-order valence-corrected chi connectivity index (χ2v) is 6.51. The van der Waals surface area contributed by atoms with Crippen LogP contribution in [0.5, 0.6) is 5.75 Å². The third-order valence-electron chi connectivity index (χ3n) is 4.55. The molecule has 0 spiro atoms. The average Bonchev–Trinajstić information content (AvgIpc) is 3.03. The van der Waals surface area contributed by atoms with Crippen LogP contribution in [-0.4, -0.2) is 35.1 Å². The lowest BCUT2D eigenvalue weighted by Crippen LogP contribution is -2.43. The van der Waals surface area contributed by atoms with Gasteiger partial charge in [-0.3, -0.25) is 9.78 Å². The number of aromatic nitrogens is 2. The Morgan fingerprint density at radius 3 is 2.68 bits per heavy atom. The second-order valence-electron chi connectivity index (χ2n) is 6.51. The van der Waals surface area contributed by atoms with E-state index in [2.05, 4.69) is 20.6 Å². The number of benzene rings is 1. The summed E-state index contributed by atoms with van der Waals surface area (Å²) in [6.45, 7) is 3.87. The zero-order chi connectivity index (χ0) is 17.8. The number of anilines is 1. The first-order valence-corrected chi connectivity index (χ1v) is 8.57. The monoisotopic (exact) mass is 340 g/mol.